The second-order valence-electron chi connectivity index (χ2n) is 4.35. The Hall–Kier alpha value is -3.51. The molecule has 0 aromatic heterocycles. The molecule has 24 heavy (non-hydrogen) atoms. The summed E-state index contributed by atoms with van der Waals surface area (Å²) in [5.41, 5.74) is 15.6. The Balaban J connectivity index is 0.000000243. The van der Waals surface area contributed by atoms with Crippen LogP contribution in [0.1, 0.15) is 20.7 Å². The van der Waals surface area contributed by atoms with Crippen molar-refractivity contribution < 1.29 is 19.1 Å². The third kappa shape index (κ3) is 5.04. The van der Waals surface area contributed by atoms with Gasteiger partial charge in [-0.1, -0.05) is 11.2 Å². The van der Waals surface area contributed by atoms with Crippen molar-refractivity contribution >= 4 is 23.9 Å². The lowest BCUT2D eigenvalue weighted by Gasteiger charge is -2.02. The standard InChI is InChI=1S/C8H7N3O2.C8H9NO2/c1-13-8-4-7(10-11-9)3-2-6(8)5-12;1-11-8-4-7(9)3-2-6(8)5-10/h2-5H,1H3;2-5H,9H2,1H3. The monoisotopic (exact) mass is 328 g/mol. The van der Waals surface area contributed by atoms with Crippen molar-refractivity contribution in [1.82, 2.24) is 0 Å². The van der Waals surface area contributed by atoms with Crippen LogP contribution >= 0.6 is 0 Å². The van der Waals surface area contributed by atoms with E-state index in [-0.39, 0.29) is 0 Å². The minimum absolute atomic E-state index is 0.403. The van der Waals surface area contributed by atoms with E-state index >= 15 is 0 Å². The number of carbonyl (C=O) groups excluding carboxylic acids is 2. The van der Waals surface area contributed by atoms with Crippen LogP contribution in [0, 0.1) is 0 Å². The quantitative estimate of drug-likeness (QED) is 0.295. The van der Waals surface area contributed by atoms with E-state index in [0.717, 1.165) is 6.29 Å². The number of nitrogens with zero attached hydrogens (tertiary/aromatic N) is 3. The van der Waals surface area contributed by atoms with Crippen molar-refractivity contribution in [1.29, 1.82) is 0 Å². The molecule has 0 fully saturated rings. The van der Waals surface area contributed by atoms with Crippen LogP contribution in [0.3, 0.4) is 0 Å². The summed E-state index contributed by atoms with van der Waals surface area (Å²) in [5, 5.41) is 3.38. The summed E-state index contributed by atoms with van der Waals surface area (Å²) in [4.78, 5) is 23.5. The summed E-state index contributed by atoms with van der Waals surface area (Å²) < 4.78 is 9.81. The molecule has 0 aliphatic rings. The third-order valence-electron chi connectivity index (χ3n) is 2.89. The highest BCUT2D eigenvalue weighted by molar-refractivity contribution is 5.81. The number of hydrogen-bond acceptors (Lipinski definition) is 6. The van der Waals surface area contributed by atoms with E-state index < -0.39 is 0 Å². The molecule has 0 radical (unpaired) electrons. The molecule has 124 valence electrons. The largest absolute Gasteiger partial charge is 0.496 e. The van der Waals surface area contributed by atoms with Gasteiger partial charge in [0.1, 0.15) is 11.5 Å². The zero-order valence-electron chi connectivity index (χ0n) is 13.2. The number of carbonyl (C=O) groups is 2. The summed E-state index contributed by atoms with van der Waals surface area (Å²) in [6.45, 7) is 0. The van der Waals surface area contributed by atoms with E-state index in [9.17, 15) is 9.59 Å². The van der Waals surface area contributed by atoms with Crippen LogP contribution in [-0.2, 0) is 0 Å². The summed E-state index contributed by atoms with van der Waals surface area (Å²) in [6.07, 6.45) is 1.41. The topological polar surface area (TPSA) is 127 Å². The van der Waals surface area contributed by atoms with Crippen molar-refractivity contribution in [3.63, 3.8) is 0 Å². The Kier molecular flexibility index (Phi) is 7.33. The van der Waals surface area contributed by atoms with Gasteiger partial charge in [0.25, 0.3) is 0 Å². The number of azide groups is 1. The van der Waals surface area contributed by atoms with Gasteiger partial charge in [0, 0.05) is 22.4 Å². The van der Waals surface area contributed by atoms with Gasteiger partial charge < -0.3 is 15.2 Å². The number of nitrogens with two attached hydrogens (primary N) is 1. The van der Waals surface area contributed by atoms with Gasteiger partial charge in [-0.25, -0.2) is 0 Å². The average molecular weight is 328 g/mol. The molecule has 0 heterocycles. The van der Waals surface area contributed by atoms with Gasteiger partial charge in [-0.05, 0) is 29.8 Å². The molecular weight excluding hydrogens is 312 g/mol. The van der Waals surface area contributed by atoms with Crippen LogP contribution in [0.25, 0.3) is 10.4 Å². The molecule has 0 spiro atoms. The number of anilines is 1. The first-order valence-corrected chi connectivity index (χ1v) is 6.66. The summed E-state index contributed by atoms with van der Waals surface area (Å²) in [5.74, 6) is 0.917. The molecule has 0 saturated heterocycles. The fourth-order valence-electron chi connectivity index (χ4n) is 1.74. The number of hydrogen-bond donors (Lipinski definition) is 1. The molecule has 8 heteroatoms. The summed E-state index contributed by atoms with van der Waals surface area (Å²) >= 11 is 0. The fraction of sp³-hybridized carbons (Fsp3) is 0.125. The van der Waals surface area contributed by atoms with Crippen molar-refractivity contribution in [2.24, 2.45) is 5.11 Å². The van der Waals surface area contributed by atoms with Crippen LogP contribution in [-0.4, -0.2) is 26.8 Å². The fourth-order valence-corrected chi connectivity index (χ4v) is 1.74. The highest BCUT2D eigenvalue weighted by atomic mass is 16.5. The van der Waals surface area contributed by atoms with Crippen molar-refractivity contribution in [2.75, 3.05) is 20.0 Å². The maximum absolute atomic E-state index is 10.5. The summed E-state index contributed by atoms with van der Waals surface area (Å²) in [6, 6.07) is 9.49. The van der Waals surface area contributed by atoms with Crippen LogP contribution in [0.4, 0.5) is 11.4 Å². The molecule has 0 saturated carbocycles. The molecule has 2 N–H and O–H groups in total. The van der Waals surface area contributed by atoms with Gasteiger partial charge in [0.05, 0.1) is 25.3 Å². The predicted octanol–water partition coefficient (Wildman–Crippen LogP) is 3.54. The Bertz CT molecular complexity index is 771. The van der Waals surface area contributed by atoms with Crippen LogP contribution in [0.5, 0.6) is 11.5 Å². The van der Waals surface area contributed by atoms with Gasteiger partial charge in [0.2, 0.25) is 0 Å². The molecule has 0 unspecified atom stereocenters. The molecule has 0 aliphatic heterocycles. The van der Waals surface area contributed by atoms with E-state index in [1.165, 1.54) is 26.4 Å². The highest BCUT2D eigenvalue weighted by Crippen LogP contribution is 2.23. The van der Waals surface area contributed by atoms with E-state index in [4.69, 9.17) is 20.7 Å². The van der Waals surface area contributed by atoms with E-state index in [2.05, 4.69) is 10.0 Å². The lowest BCUT2D eigenvalue weighted by molar-refractivity contribution is 0.111. The second kappa shape index (κ2) is 9.50. The zero-order valence-corrected chi connectivity index (χ0v) is 13.2. The van der Waals surface area contributed by atoms with E-state index in [1.807, 2.05) is 0 Å². The third-order valence-corrected chi connectivity index (χ3v) is 2.89. The number of benzene rings is 2. The Morgan fingerprint density at radius 3 is 2.04 bits per heavy atom. The number of nitrogen functional groups attached to an aromatic ring is 1. The van der Waals surface area contributed by atoms with Gasteiger partial charge in [-0.2, -0.15) is 0 Å². The average Bonchev–Trinajstić information content (AvgIpc) is 2.62. The SMILES string of the molecule is COc1cc(N)ccc1C=O.COc1cc(N=[N+]=[N-])ccc1C=O. The maximum Gasteiger partial charge on any atom is 0.153 e. The number of rotatable bonds is 5. The molecule has 2 aromatic rings. The first-order chi connectivity index (χ1) is 11.6. The van der Waals surface area contributed by atoms with Gasteiger partial charge in [0.15, 0.2) is 12.6 Å². The molecule has 0 atom stereocenters. The lowest BCUT2D eigenvalue weighted by atomic mass is 10.2. The zero-order chi connectivity index (χ0) is 17.9. The normalized spacial score (nSPS) is 8.92. The van der Waals surface area contributed by atoms with E-state index in [0.29, 0.717) is 40.3 Å². The number of aldehydes is 2. The maximum atomic E-state index is 10.5. The Morgan fingerprint density at radius 1 is 1.00 bits per heavy atom. The Morgan fingerprint density at radius 2 is 1.54 bits per heavy atom. The van der Waals surface area contributed by atoms with Gasteiger partial charge >= 0.3 is 0 Å². The number of ether oxygens (including phenoxy) is 2. The molecule has 0 amide bonds. The van der Waals surface area contributed by atoms with Crippen LogP contribution < -0.4 is 15.2 Å². The minimum atomic E-state index is 0.403. The first kappa shape index (κ1) is 18.5. The molecule has 0 aliphatic carbocycles. The number of methoxy groups -OCH3 is 2. The first-order valence-electron chi connectivity index (χ1n) is 6.66. The van der Waals surface area contributed by atoms with Gasteiger partial charge in [-0.15, -0.1) is 0 Å². The highest BCUT2D eigenvalue weighted by Gasteiger charge is 2.01. The summed E-state index contributed by atoms with van der Waals surface area (Å²) in [7, 11) is 2.95. The molecular formula is C16H16N4O4. The van der Waals surface area contributed by atoms with Crippen molar-refractivity contribution in [2.45, 2.75) is 0 Å². The van der Waals surface area contributed by atoms with Crippen molar-refractivity contribution in [3.05, 3.63) is 58.0 Å². The smallest absolute Gasteiger partial charge is 0.153 e. The van der Waals surface area contributed by atoms with Crippen LogP contribution in [0.15, 0.2) is 41.5 Å². The second-order valence-corrected chi connectivity index (χ2v) is 4.35. The molecule has 0 bridgehead atoms. The molecule has 8 nitrogen and oxygen atoms in total. The van der Waals surface area contributed by atoms with E-state index in [1.54, 1.807) is 24.3 Å². The van der Waals surface area contributed by atoms with Crippen LogP contribution in [0.2, 0.25) is 0 Å². The van der Waals surface area contributed by atoms with Crippen molar-refractivity contribution in [3.8, 4) is 11.5 Å². The predicted molar refractivity (Wildman–Crippen MR) is 90.0 cm³/mol. The molecule has 2 aromatic carbocycles. The van der Waals surface area contributed by atoms with Gasteiger partial charge in [-0.3, -0.25) is 9.59 Å². The lowest BCUT2D eigenvalue weighted by Crippen LogP contribution is -1.92. The minimum Gasteiger partial charge on any atom is -0.496 e. The Labute approximate surface area is 138 Å². The molecule has 2 rings (SSSR count).